The fourth-order valence-corrected chi connectivity index (χ4v) is 3.25. The number of hydrogen-bond donors (Lipinski definition) is 0. The van der Waals surface area contributed by atoms with E-state index in [4.69, 9.17) is 16.0 Å². The molecule has 2 atom stereocenters. The second-order valence-electron chi connectivity index (χ2n) is 8.14. The zero-order valence-corrected chi connectivity index (χ0v) is 17.3. The van der Waals surface area contributed by atoms with Crippen LogP contribution in [0.15, 0.2) is 34.5 Å². The van der Waals surface area contributed by atoms with Crippen molar-refractivity contribution in [1.82, 2.24) is 0 Å². The van der Waals surface area contributed by atoms with Crippen molar-refractivity contribution in [2.45, 2.75) is 53.0 Å². The van der Waals surface area contributed by atoms with E-state index in [1.165, 1.54) is 19.2 Å². The van der Waals surface area contributed by atoms with Gasteiger partial charge in [0.25, 0.3) is 6.04 Å². The smallest absolute Gasteiger partial charge is 0.336 e. The Morgan fingerprint density at radius 2 is 2.00 bits per heavy atom. The molecule has 1 aliphatic heterocycles. The summed E-state index contributed by atoms with van der Waals surface area (Å²) in [4.78, 5) is 21.1. The van der Waals surface area contributed by atoms with Gasteiger partial charge in [-0.05, 0) is 31.7 Å². The van der Waals surface area contributed by atoms with Crippen LogP contribution in [0.1, 0.15) is 52.5 Å². The van der Waals surface area contributed by atoms with Gasteiger partial charge in [-0.3, -0.25) is 4.99 Å². The summed E-state index contributed by atoms with van der Waals surface area (Å²) in [5.74, 6) is -1.28. The molecule has 0 aliphatic carbocycles. The van der Waals surface area contributed by atoms with Gasteiger partial charge in [-0.15, -0.1) is 0 Å². The molecule has 6 heteroatoms. The SMILES string of the molecule is [C-]#[N+]C1C(C)=NC(C)=C(C(=O)OCCC(C)(C)C)C1c1ccc(F)cc1OC. The van der Waals surface area contributed by atoms with Crippen LogP contribution in [0.3, 0.4) is 0 Å². The van der Waals surface area contributed by atoms with Crippen molar-refractivity contribution in [2.75, 3.05) is 13.7 Å². The second-order valence-corrected chi connectivity index (χ2v) is 8.14. The number of methoxy groups -OCH3 is 1. The Balaban J connectivity index is 2.49. The van der Waals surface area contributed by atoms with Crippen molar-refractivity contribution in [3.63, 3.8) is 0 Å². The van der Waals surface area contributed by atoms with Crippen LogP contribution in [0.25, 0.3) is 4.85 Å². The quantitative estimate of drug-likeness (QED) is 0.532. The van der Waals surface area contributed by atoms with E-state index >= 15 is 0 Å². The minimum Gasteiger partial charge on any atom is -0.496 e. The van der Waals surface area contributed by atoms with Crippen LogP contribution >= 0.6 is 0 Å². The molecule has 2 rings (SSSR count). The molecule has 0 bridgehead atoms. The van der Waals surface area contributed by atoms with E-state index in [0.717, 1.165) is 0 Å². The first-order valence-electron chi connectivity index (χ1n) is 9.22. The van der Waals surface area contributed by atoms with Gasteiger partial charge in [-0.25, -0.2) is 15.8 Å². The number of carbonyl (C=O) groups excluding carboxylic acids is 1. The molecule has 28 heavy (non-hydrogen) atoms. The molecule has 1 aromatic rings. The lowest BCUT2D eigenvalue weighted by molar-refractivity contribution is -0.140. The summed E-state index contributed by atoms with van der Waals surface area (Å²) < 4.78 is 24.6. The predicted molar refractivity (Wildman–Crippen MR) is 107 cm³/mol. The van der Waals surface area contributed by atoms with Crippen LogP contribution < -0.4 is 4.74 Å². The highest BCUT2D eigenvalue weighted by Gasteiger charge is 2.43. The Hall–Kier alpha value is -2.68. The molecule has 0 N–H and O–H groups in total. The van der Waals surface area contributed by atoms with Crippen molar-refractivity contribution in [2.24, 2.45) is 10.4 Å². The first-order valence-corrected chi connectivity index (χ1v) is 9.22. The average molecular weight is 386 g/mol. The Kier molecular flexibility index (Phi) is 6.60. The molecule has 0 saturated carbocycles. The van der Waals surface area contributed by atoms with E-state index in [2.05, 4.69) is 30.6 Å². The number of hydrogen-bond acceptors (Lipinski definition) is 4. The van der Waals surface area contributed by atoms with Gasteiger partial charge < -0.3 is 14.3 Å². The van der Waals surface area contributed by atoms with Crippen molar-refractivity contribution in [3.8, 4) is 5.75 Å². The summed E-state index contributed by atoms with van der Waals surface area (Å²) in [7, 11) is 1.44. The molecule has 0 spiro atoms. The summed E-state index contributed by atoms with van der Waals surface area (Å²) in [6.45, 7) is 17.6. The normalized spacial score (nSPS) is 19.7. The first kappa shape index (κ1) is 21.6. The number of esters is 1. The Labute approximate surface area is 166 Å². The molecule has 1 heterocycles. The maximum absolute atomic E-state index is 13.7. The Bertz CT molecular complexity index is 860. The lowest BCUT2D eigenvalue weighted by atomic mass is 9.80. The summed E-state index contributed by atoms with van der Waals surface area (Å²) >= 11 is 0. The van der Waals surface area contributed by atoms with E-state index in [1.54, 1.807) is 19.9 Å². The fraction of sp³-hybridized carbons (Fsp3) is 0.500. The van der Waals surface area contributed by atoms with Crippen LogP contribution in [-0.4, -0.2) is 31.4 Å². The number of rotatable bonds is 5. The highest BCUT2D eigenvalue weighted by Crippen LogP contribution is 2.41. The van der Waals surface area contributed by atoms with E-state index < -0.39 is 23.7 Å². The summed E-state index contributed by atoms with van der Waals surface area (Å²) in [5, 5.41) is 0. The number of halogens is 1. The van der Waals surface area contributed by atoms with Crippen molar-refractivity contribution < 1.29 is 18.7 Å². The van der Waals surface area contributed by atoms with Crippen molar-refractivity contribution >= 4 is 11.7 Å². The lowest BCUT2D eigenvalue weighted by Crippen LogP contribution is -2.33. The van der Waals surface area contributed by atoms with Gasteiger partial charge in [0.15, 0.2) is 0 Å². The number of carbonyl (C=O) groups is 1. The summed E-state index contributed by atoms with van der Waals surface area (Å²) in [5.41, 5.74) is 2.04. The Morgan fingerprint density at radius 3 is 2.57 bits per heavy atom. The molecule has 5 nitrogen and oxygen atoms in total. The van der Waals surface area contributed by atoms with Crippen molar-refractivity contribution in [3.05, 3.63) is 52.3 Å². The number of nitrogens with zero attached hydrogens (tertiary/aromatic N) is 2. The minimum absolute atomic E-state index is 0.0314. The third-order valence-electron chi connectivity index (χ3n) is 4.76. The molecule has 2 unspecified atom stereocenters. The highest BCUT2D eigenvalue weighted by molar-refractivity contribution is 6.00. The van der Waals surface area contributed by atoms with Crippen LogP contribution in [0.4, 0.5) is 4.39 Å². The first-order chi connectivity index (χ1) is 13.1. The zero-order chi connectivity index (χ0) is 21.1. The van der Waals surface area contributed by atoms with Gasteiger partial charge >= 0.3 is 5.97 Å². The van der Waals surface area contributed by atoms with Gasteiger partial charge in [0.2, 0.25) is 0 Å². The van der Waals surface area contributed by atoms with Crippen LogP contribution in [0, 0.1) is 17.8 Å². The van der Waals surface area contributed by atoms with Gasteiger partial charge in [-0.2, -0.15) is 0 Å². The molecular weight excluding hydrogens is 359 g/mol. The van der Waals surface area contributed by atoms with Crippen LogP contribution in [0.5, 0.6) is 5.75 Å². The van der Waals surface area contributed by atoms with Crippen molar-refractivity contribution in [1.29, 1.82) is 0 Å². The van der Waals surface area contributed by atoms with E-state index in [1.807, 2.05) is 0 Å². The largest absolute Gasteiger partial charge is 0.496 e. The Morgan fingerprint density at radius 1 is 1.32 bits per heavy atom. The maximum atomic E-state index is 13.7. The average Bonchev–Trinajstić information content (AvgIpc) is 2.59. The maximum Gasteiger partial charge on any atom is 0.336 e. The second kappa shape index (κ2) is 8.55. The summed E-state index contributed by atoms with van der Waals surface area (Å²) in [6.07, 6.45) is 0.712. The molecule has 0 fully saturated rings. The lowest BCUT2D eigenvalue weighted by Gasteiger charge is -2.27. The third-order valence-corrected chi connectivity index (χ3v) is 4.76. The van der Waals surface area contributed by atoms with Crippen LogP contribution in [0.2, 0.25) is 0 Å². The number of allylic oxidation sites excluding steroid dienone is 1. The zero-order valence-electron chi connectivity index (χ0n) is 17.3. The number of aliphatic imine (C=N–C) groups is 1. The van der Waals surface area contributed by atoms with Gasteiger partial charge in [-0.1, -0.05) is 26.8 Å². The number of benzene rings is 1. The molecule has 1 aliphatic rings. The van der Waals surface area contributed by atoms with Crippen LogP contribution in [-0.2, 0) is 9.53 Å². The van der Waals surface area contributed by atoms with E-state index in [0.29, 0.717) is 34.7 Å². The standard InChI is InChI=1S/C22H27FN2O3/c1-13-18(21(26)28-11-10-22(3,4)5)19(20(24-6)14(2)25-13)16-9-8-15(23)12-17(16)27-7/h8-9,12,19-20H,10-11H2,1-5,7H3. The molecule has 1 aromatic carbocycles. The third kappa shape index (κ3) is 4.78. The molecule has 0 saturated heterocycles. The monoisotopic (exact) mass is 386 g/mol. The molecular formula is C22H27FN2O3. The predicted octanol–water partition coefficient (Wildman–Crippen LogP) is 4.93. The molecule has 0 radical (unpaired) electrons. The van der Waals surface area contributed by atoms with E-state index in [-0.39, 0.29) is 12.0 Å². The molecule has 0 amide bonds. The van der Waals surface area contributed by atoms with E-state index in [9.17, 15) is 9.18 Å². The molecule has 0 aromatic heterocycles. The van der Waals surface area contributed by atoms with Gasteiger partial charge in [0.05, 0.1) is 25.0 Å². The number of ether oxygens (including phenoxy) is 2. The topological polar surface area (TPSA) is 52.2 Å². The summed E-state index contributed by atoms with van der Waals surface area (Å²) in [6, 6.07) is 3.44. The van der Waals surface area contributed by atoms with Gasteiger partial charge in [0.1, 0.15) is 17.5 Å². The van der Waals surface area contributed by atoms with Gasteiger partial charge in [0, 0.05) is 17.3 Å². The highest BCUT2D eigenvalue weighted by atomic mass is 19.1. The minimum atomic E-state index is -0.687. The molecule has 150 valence electrons. The fourth-order valence-electron chi connectivity index (χ4n) is 3.25.